The first-order valence-corrected chi connectivity index (χ1v) is 23.7. The second kappa shape index (κ2) is 43.1. The SMILES string of the molecule is CCCCCCCCCCCCCCCCCCCCCCCCCC(=O)N[C@@H](COCC(C)O)C(O)CCCCCCCCCCCCCCC. The van der Waals surface area contributed by atoms with Crippen molar-refractivity contribution in [2.45, 2.75) is 283 Å². The lowest BCUT2D eigenvalue weighted by Gasteiger charge is -2.24. The van der Waals surface area contributed by atoms with Crippen molar-refractivity contribution in [2.24, 2.45) is 0 Å². The molecule has 5 nitrogen and oxygen atoms in total. The number of rotatable bonds is 44. The second-order valence-corrected chi connectivity index (χ2v) is 16.7. The minimum absolute atomic E-state index is 0.0126. The van der Waals surface area contributed by atoms with Crippen molar-refractivity contribution in [3.8, 4) is 0 Å². The highest BCUT2D eigenvalue weighted by molar-refractivity contribution is 5.76. The molecule has 0 aliphatic rings. The number of ether oxygens (including phenoxy) is 1. The van der Waals surface area contributed by atoms with Crippen molar-refractivity contribution in [1.82, 2.24) is 5.32 Å². The van der Waals surface area contributed by atoms with Crippen LogP contribution in [-0.4, -0.2) is 47.6 Å². The van der Waals surface area contributed by atoms with Gasteiger partial charge < -0.3 is 20.3 Å². The van der Waals surface area contributed by atoms with Gasteiger partial charge in [-0.05, 0) is 19.8 Å². The fourth-order valence-electron chi connectivity index (χ4n) is 7.54. The van der Waals surface area contributed by atoms with Gasteiger partial charge in [0.1, 0.15) is 0 Å². The normalized spacial score (nSPS) is 13.4. The molecule has 0 aliphatic carbocycles. The molecule has 52 heavy (non-hydrogen) atoms. The van der Waals surface area contributed by atoms with Crippen molar-refractivity contribution < 1.29 is 19.7 Å². The standard InChI is InChI=1S/C47H95NO4/c1-4-6-8-10-12-14-16-18-19-20-21-22-23-24-25-26-27-29-31-33-35-37-39-41-47(51)48-45(43-52-42-44(3)49)46(50)40-38-36-34-32-30-28-17-15-13-11-9-7-5-2/h44-46,49-50H,4-43H2,1-3H3,(H,48,51)/t44?,45-,46?/m0/s1. The molecular weight excluding hydrogens is 643 g/mol. The van der Waals surface area contributed by atoms with E-state index in [0.29, 0.717) is 12.8 Å². The maximum Gasteiger partial charge on any atom is 0.220 e. The molecule has 0 saturated heterocycles. The molecule has 0 fully saturated rings. The predicted molar refractivity (Wildman–Crippen MR) is 227 cm³/mol. The molecule has 0 aromatic heterocycles. The van der Waals surface area contributed by atoms with E-state index in [2.05, 4.69) is 19.2 Å². The van der Waals surface area contributed by atoms with Gasteiger partial charge in [0.15, 0.2) is 0 Å². The van der Waals surface area contributed by atoms with Gasteiger partial charge in [-0.3, -0.25) is 4.79 Å². The minimum Gasteiger partial charge on any atom is -0.391 e. The first-order valence-electron chi connectivity index (χ1n) is 23.7. The largest absolute Gasteiger partial charge is 0.391 e. The molecule has 0 spiro atoms. The fraction of sp³-hybridized carbons (Fsp3) is 0.979. The molecule has 312 valence electrons. The summed E-state index contributed by atoms with van der Waals surface area (Å²) in [6.45, 7) is 6.73. The monoisotopic (exact) mass is 738 g/mol. The minimum atomic E-state index is -0.611. The van der Waals surface area contributed by atoms with Gasteiger partial charge in [0.25, 0.3) is 0 Å². The van der Waals surface area contributed by atoms with Gasteiger partial charge in [-0.25, -0.2) is 0 Å². The van der Waals surface area contributed by atoms with Crippen LogP contribution in [0.3, 0.4) is 0 Å². The molecule has 0 aliphatic heterocycles. The second-order valence-electron chi connectivity index (χ2n) is 16.7. The van der Waals surface area contributed by atoms with E-state index in [1.165, 1.54) is 205 Å². The number of aliphatic hydroxyl groups is 2. The van der Waals surface area contributed by atoms with Crippen molar-refractivity contribution in [3.63, 3.8) is 0 Å². The summed E-state index contributed by atoms with van der Waals surface area (Å²) in [5.41, 5.74) is 0. The summed E-state index contributed by atoms with van der Waals surface area (Å²) in [4.78, 5) is 12.7. The third-order valence-corrected chi connectivity index (χ3v) is 11.1. The Hall–Kier alpha value is -0.650. The van der Waals surface area contributed by atoms with Gasteiger partial charge in [-0.2, -0.15) is 0 Å². The molecule has 0 saturated carbocycles. The maximum absolute atomic E-state index is 12.7. The van der Waals surface area contributed by atoms with Gasteiger partial charge in [0.2, 0.25) is 5.91 Å². The van der Waals surface area contributed by atoms with Crippen LogP contribution in [0.1, 0.15) is 265 Å². The average molecular weight is 738 g/mol. The summed E-state index contributed by atoms with van der Waals surface area (Å²) >= 11 is 0. The molecule has 2 unspecified atom stereocenters. The molecule has 5 heteroatoms. The number of unbranched alkanes of at least 4 members (excludes halogenated alkanes) is 34. The molecule has 3 atom stereocenters. The molecule has 0 rings (SSSR count). The van der Waals surface area contributed by atoms with E-state index in [-0.39, 0.29) is 19.1 Å². The summed E-state index contributed by atoms with van der Waals surface area (Å²) in [5.74, 6) is 0.0126. The van der Waals surface area contributed by atoms with Gasteiger partial charge in [0.05, 0.1) is 31.5 Å². The van der Waals surface area contributed by atoms with Gasteiger partial charge in [-0.15, -0.1) is 0 Å². The maximum atomic E-state index is 12.7. The lowest BCUT2D eigenvalue weighted by molar-refractivity contribution is -0.123. The quantitative estimate of drug-likeness (QED) is 0.0544. The van der Waals surface area contributed by atoms with Gasteiger partial charge in [0, 0.05) is 6.42 Å². The molecule has 3 N–H and O–H groups in total. The Labute approximate surface area is 326 Å². The van der Waals surface area contributed by atoms with Crippen LogP contribution < -0.4 is 5.32 Å². The zero-order valence-corrected chi connectivity index (χ0v) is 35.7. The summed E-state index contributed by atoms with van der Waals surface area (Å²) in [7, 11) is 0. The van der Waals surface area contributed by atoms with E-state index in [4.69, 9.17) is 4.74 Å². The first kappa shape index (κ1) is 51.4. The molecule has 0 radical (unpaired) electrons. The highest BCUT2D eigenvalue weighted by atomic mass is 16.5. The number of hydrogen-bond donors (Lipinski definition) is 3. The topological polar surface area (TPSA) is 78.8 Å². The lowest BCUT2D eigenvalue weighted by Crippen LogP contribution is -2.46. The number of carbonyl (C=O) groups is 1. The Bertz CT molecular complexity index is 686. The van der Waals surface area contributed by atoms with E-state index in [1.807, 2.05) is 0 Å². The Kier molecular flexibility index (Phi) is 42.5. The van der Waals surface area contributed by atoms with Crippen molar-refractivity contribution in [2.75, 3.05) is 13.2 Å². The van der Waals surface area contributed by atoms with Crippen LogP contribution >= 0.6 is 0 Å². The highest BCUT2D eigenvalue weighted by Crippen LogP contribution is 2.17. The number of hydrogen-bond acceptors (Lipinski definition) is 4. The Morgan fingerprint density at radius 1 is 0.442 bits per heavy atom. The van der Waals surface area contributed by atoms with Crippen molar-refractivity contribution in [1.29, 1.82) is 0 Å². The van der Waals surface area contributed by atoms with Crippen LogP contribution in [0.4, 0.5) is 0 Å². The lowest BCUT2D eigenvalue weighted by atomic mass is 10.0. The summed E-state index contributed by atoms with van der Waals surface area (Å²) < 4.78 is 5.63. The van der Waals surface area contributed by atoms with E-state index >= 15 is 0 Å². The summed E-state index contributed by atoms with van der Waals surface area (Å²) in [6, 6.07) is -0.409. The van der Waals surface area contributed by atoms with Gasteiger partial charge >= 0.3 is 0 Å². The third-order valence-electron chi connectivity index (χ3n) is 11.1. The van der Waals surface area contributed by atoms with Crippen molar-refractivity contribution in [3.05, 3.63) is 0 Å². The number of aliphatic hydroxyl groups excluding tert-OH is 2. The van der Waals surface area contributed by atoms with E-state index in [9.17, 15) is 15.0 Å². The molecular formula is C47H95NO4. The first-order chi connectivity index (χ1) is 25.5. The fourth-order valence-corrected chi connectivity index (χ4v) is 7.54. The number of nitrogens with one attached hydrogen (secondary N) is 1. The van der Waals surface area contributed by atoms with Crippen molar-refractivity contribution >= 4 is 5.91 Å². The molecule has 1 amide bonds. The Morgan fingerprint density at radius 2 is 0.731 bits per heavy atom. The van der Waals surface area contributed by atoms with Crippen LogP contribution in [0.25, 0.3) is 0 Å². The number of amides is 1. The van der Waals surface area contributed by atoms with Crippen LogP contribution in [0.15, 0.2) is 0 Å². The van der Waals surface area contributed by atoms with E-state index in [0.717, 1.165) is 25.7 Å². The van der Waals surface area contributed by atoms with E-state index in [1.54, 1.807) is 6.92 Å². The smallest absolute Gasteiger partial charge is 0.220 e. The average Bonchev–Trinajstić information content (AvgIpc) is 3.13. The summed E-state index contributed by atoms with van der Waals surface area (Å²) in [5, 5.41) is 23.5. The Balaban J connectivity index is 3.74. The zero-order valence-electron chi connectivity index (χ0n) is 35.7. The molecule has 0 aromatic rings. The van der Waals surface area contributed by atoms with Crippen LogP contribution in [0, 0.1) is 0 Å². The Morgan fingerprint density at radius 3 is 1.04 bits per heavy atom. The molecule has 0 heterocycles. The van der Waals surface area contributed by atoms with Crippen LogP contribution in [-0.2, 0) is 9.53 Å². The highest BCUT2D eigenvalue weighted by Gasteiger charge is 2.21. The van der Waals surface area contributed by atoms with Crippen LogP contribution in [0.2, 0.25) is 0 Å². The van der Waals surface area contributed by atoms with Gasteiger partial charge in [-0.1, -0.05) is 239 Å². The molecule has 0 aromatic carbocycles. The zero-order chi connectivity index (χ0) is 38.0. The predicted octanol–water partition coefficient (Wildman–Crippen LogP) is 14.1. The summed E-state index contributed by atoms with van der Waals surface area (Å²) in [6.07, 6.45) is 48.4. The molecule has 0 bridgehead atoms. The van der Waals surface area contributed by atoms with Crippen LogP contribution in [0.5, 0.6) is 0 Å². The third kappa shape index (κ3) is 40.5. The van der Waals surface area contributed by atoms with E-state index < -0.39 is 18.2 Å². The number of carbonyl (C=O) groups excluding carboxylic acids is 1.